The van der Waals surface area contributed by atoms with Gasteiger partial charge in [-0.25, -0.2) is 0 Å². The zero-order valence-corrected chi connectivity index (χ0v) is 10.6. The lowest BCUT2D eigenvalue weighted by molar-refractivity contribution is 0.0994. The molecule has 0 aliphatic rings. The number of Topliss-reactive ketones (excluding diaryl/α,β-unsaturated/α-hetero) is 1. The first-order valence-corrected chi connectivity index (χ1v) is 6.31. The highest BCUT2D eigenvalue weighted by Crippen LogP contribution is 2.23. The van der Waals surface area contributed by atoms with Crippen molar-refractivity contribution in [1.82, 2.24) is 0 Å². The van der Waals surface area contributed by atoms with Gasteiger partial charge >= 0.3 is 0 Å². The highest BCUT2D eigenvalue weighted by atomic mass is 35.5. The molecule has 0 radical (unpaired) electrons. The first-order chi connectivity index (χ1) is 7.66. The van der Waals surface area contributed by atoms with Crippen LogP contribution in [0.1, 0.15) is 15.2 Å². The zero-order valence-electron chi connectivity index (χ0n) is 8.24. The second-order valence-corrected chi connectivity index (χ2v) is 5.18. The lowest BCUT2D eigenvalue weighted by atomic mass is 10.1. The van der Waals surface area contributed by atoms with E-state index in [0.717, 1.165) is 4.88 Å². The Kier molecular flexibility index (Phi) is 3.64. The molecule has 0 aliphatic carbocycles. The number of carbonyl (C=O) groups excluding carboxylic acids is 1. The summed E-state index contributed by atoms with van der Waals surface area (Å²) in [4.78, 5) is 13.0. The minimum atomic E-state index is 0.0177. The molecule has 4 heteroatoms. The number of carbonyl (C=O) groups is 1. The summed E-state index contributed by atoms with van der Waals surface area (Å²) in [6.07, 6.45) is 0.388. The van der Waals surface area contributed by atoms with Gasteiger partial charge in [-0.3, -0.25) is 4.79 Å². The molecule has 82 valence electrons. The predicted molar refractivity (Wildman–Crippen MR) is 68.8 cm³/mol. The molecule has 1 heterocycles. The summed E-state index contributed by atoms with van der Waals surface area (Å²) in [5.74, 6) is 0.0177. The van der Waals surface area contributed by atoms with Gasteiger partial charge in [0, 0.05) is 21.9 Å². The smallest absolute Gasteiger partial charge is 0.169 e. The molecular weight excluding hydrogens is 263 g/mol. The Morgan fingerprint density at radius 3 is 2.69 bits per heavy atom. The number of rotatable bonds is 3. The third-order valence-corrected chi connectivity index (χ3v) is 3.57. The van der Waals surface area contributed by atoms with Gasteiger partial charge in [-0.1, -0.05) is 29.3 Å². The van der Waals surface area contributed by atoms with E-state index in [2.05, 4.69) is 0 Å². The van der Waals surface area contributed by atoms with Crippen LogP contribution in [0.3, 0.4) is 0 Å². The van der Waals surface area contributed by atoms with Gasteiger partial charge in [-0.2, -0.15) is 0 Å². The summed E-state index contributed by atoms with van der Waals surface area (Å²) < 4.78 is 0. The molecule has 1 aromatic carbocycles. The fourth-order valence-electron chi connectivity index (χ4n) is 1.38. The summed E-state index contributed by atoms with van der Waals surface area (Å²) in [6, 6.07) is 8.80. The molecule has 0 N–H and O–H groups in total. The van der Waals surface area contributed by atoms with Crippen molar-refractivity contribution in [1.29, 1.82) is 0 Å². The Morgan fingerprint density at radius 1 is 1.25 bits per heavy atom. The van der Waals surface area contributed by atoms with Crippen LogP contribution < -0.4 is 0 Å². The van der Waals surface area contributed by atoms with E-state index in [-0.39, 0.29) is 5.78 Å². The zero-order chi connectivity index (χ0) is 11.5. The molecule has 2 aromatic rings. The van der Waals surface area contributed by atoms with E-state index in [1.54, 1.807) is 29.5 Å². The van der Waals surface area contributed by atoms with E-state index >= 15 is 0 Å². The van der Waals surface area contributed by atoms with Crippen molar-refractivity contribution in [3.05, 3.63) is 56.2 Å². The van der Waals surface area contributed by atoms with Gasteiger partial charge in [0.25, 0.3) is 0 Å². The summed E-state index contributed by atoms with van der Waals surface area (Å²) in [5, 5.41) is 2.90. The number of benzene rings is 1. The third kappa shape index (κ3) is 2.64. The van der Waals surface area contributed by atoms with Crippen LogP contribution in [0.5, 0.6) is 0 Å². The molecule has 0 spiro atoms. The van der Waals surface area contributed by atoms with Gasteiger partial charge in [-0.15, -0.1) is 11.3 Å². The Labute approximate surface area is 108 Å². The number of thiophene rings is 1. The van der Waals surface area contributed by atoms with Crippen molar-refractivity contribution in [2.45, 2.75) is 6.42 Å². The summed E-state index contributed by atoms with van der Waals surface area (Å²) >= 11 is 13.3. The van der Waals surface area contributed by atoms with Crippen LogP contribution in [-0.4, -0.2) is 5.78 Å². The van der Waals surface area contributed by atoms with Crippen molar-refractivity contribution < 1.29 is 4.79 Å². The molecule has 0 atom stereocenters. The number of hydrogen-bond acceptors (Lipinski definition) is 2. The molecule has 0 saturated heterocycles. The lowest BCUT2D eigenvalue weighted by Gasteiger charge is -2.02. The van der Waals surface area contributed by atoms with Crippen LogP contribution in [-0.2, 0) is 6.42 Å². The molecule has 0 amide bonds. The van der Waals surface area contributed by atoms with Gasteiger partial charge in [-0.05, 0) is 29.6 Å². The lowest BCUT2D eigenvalue weighted by Crippen LogP contribution is -2.02. The van der Waals surface area contributed by atoms with Crippen molar-refractivity contribution in [2.24, 2.45) is 0 Å². The average Bonchev–Trinajstić information content (AvgIpc) is 2.70. The number of halogens is 2. The van der Waals surface area contributed by atoms with Gasteiger partial charge in [0.2, 0.25) is 0 Å². The second kappa shape index (κ2) is 5.00. The highest BCUT2D eigenvalue weighted by Gasteiger charge is 2.11. The van der Waals surface area contributed by atoms with Gasteiger partial charge in [0.1, 0.15) is 0 Å². The van der Waals surface area contributed by atoms with Crippen LogP contribution in [0.2, 0.25) is 10.0 Å². The monoisotopic (exact) mass is 270 g/mol. The van der Waals surface area contributed by atoms with Gasteiger partial charge in [0.05, 0.1) is 5.02 Å². The fraction of sp³-hybridized carbons (Fsp3) is 0.0833. The Balaban J connectivity index is 2.21. The standard InChI is InChI=1S/C12H8Cl2OS/c13-8-3-4-10(11(14)6-8)12(15)7-9-2-1-5-16-9/h1-6H,7H2. The Hall–Kier alpha value is -0.830. The van der Waals surface area contributed by atoms with Crippen LogP contribution in [0.25, 0.3) is 0 Å². The topological polar surface area (TPSA) is 17.1 Å². The maximum Gasteiger partial charge on any atom is 0.169 e. The normalized spacial score (nSPS) is 10.4. The van der Waals surface area contributed by atoms with E-state index in [9.17, 15) is 4.79 Å². The van der Waals surface area contributed by atoms with Crippen LogP contribution >= 0.6 is 34.5 Å². The third-order valence-electron chi connectivity index (χ3n) is 2.15. The van der Waals surface area contributed by atoms with Crippen molar-refractivity contribution in [3.63, 3.8) is 0 Å². The van der Waals surface area contributed by atoms with Crippen LogP contribution in [0.15, 0.2) is 35.7 Å². The number of hydrogen-bond donors (Lipinski definition) is 0. The largest absolute Gasteiger partial charge is 0.294 e. The van der Waals surface area contributed by atoms with Crippen molar-refractivity contribution in [3.8, 4) is 0 Å². The summed E-state index contributed by atoms with van der Waals surface area (Å²) in [7, 11) is 0. The predicted octanol–water partition coefficient (Wildman–Crippen LogP) is 4.48. The van der Waals surface area contributed by atoms with Gasteiger partial charge in [0.15, 0.2) is 5.78 Å². The fourth-order valence-corrected chi connectivity index (χ4v) is 2.60. The summed E-state index contributed by atoms with van der Waals surface area (Å²) in [6.45, 7) is 0. The molecule has 0 bridgehead atoms. The highest BCUT2D eigenvalue weighted by molar-refractivity contribution is 7.10. The van der Waals surface area contributed by atoms with E-state index in [0.29, 0.717) is 22.0 Å². The molecule has 0 fully saturated rings. The Bertz CT molecular complexity index is 506. The second-order valence-electron chi connectivity index (χ2n) is 3.30. The van der Waals surface area contributed by atoms with Crippen LogP contribution in [0, 0.1) is 0 Å². The SMILES string of the molecule is O=C(Cc1cccs1)c1ccc(Cl)cc1Cl. The van der Waals surface area contributed by atoms with E-state index in [4.69, 9.17) is 23.2 Å². The van der Waals surface area contributed by atoms with E-state index in [1.165, 1.54) is 0 Å². The molecule has 0 aliphatic heterocycles. The molecular formula is C12H8Cl2OS. The van der Waals surface area contributed by atoms with Crippen molar-refractivity contribution >= 4 is 40.3 Å². The molecule has 0 saturated carbocycles. The molecule has 2 rings (SSSR count). The summed E-state index contributed by atoms with van der Waals surface area (Å²) in [5.41, 5.74) is 0.527. The molecule has 1 nitrogen and oxygen atoms in total. The minimum absolute atomic E-state index is 0.0177. The van der Waals surface area contributed by atoms with Crippen molar-refractivity contribution in [2.75, 3.05) is 0 Å². The Morgan fingerprint density at radius 2 is 2.06 bits per heavy atom. The minimum Gasteiger partial charge on any atom is -0.294 e. The molecule has 16 heavy (non-hydrogen) atoms. The van der Waals surface area contributed by atoms with E-state index in [1.807, 2.05) is 17.5 Å². The van der Waals surface area contributed by atoms with E-state index < -0.39 is 0 Å². The maximum absolute atomic E-state index is 11.9. The van der Waals surface area contributed by atoms with Gasteiger partial charge < -0.3 is 0 Å². The first kappa shape index (κ1) is 11.6. The maximum atomic E-state index is 11.9. The first-order valence-electron chi connectivity index (χ1n) is 4.67. The quantitative estimate of drug-likeness (QED) is 0.752. The molecule has 1 aromatic heterocycles. The number of ketones is 1. The molecule has 0 unspecified atom stereocenters. The average molecular weight is 271 g/mol. The van der Waals surface area contributed by atoms with Crippen LogP contribution in [0.4, 0.5) is 0 Å².